The van der Waals surface area contributed by atoms with E-state index in [0.717, 1.165) is 0 Å². The van der Waals surface area contributed by atoms with Crippen molar-refractivity contribution >= 4 is 17.5 Å². The highest BCUT2D eigenvalue weighted by atomic mass is 35.5. The summed E-state index contributed by atoms with van der Waals surface area (Å²) in [5, 5.41) is 13.1. The summed E-state index contributed by atoms with van der Waals surface area (Å²) >= 11 is 5.98. The average Bonchev–Trinajstić information content (AvgIpc) is 2.52. The summed E-state index contributed by atoms with van der Waals surface area (Å²) in [7, 11) is 0. The van der Waals surface area contributed by atoms with Crippen LogP contribution in [0.1, 0.15) is 23.7 Å². The first-order chi connectivity index (χ1) is 10.6. The van der Waals surface area contributed by atoms with Crippen LogP contribution in [0.15, 0.2) is 48.5 Å². The van der Waals surface area contributed by atoms with Crippen molar-refractivity contribution < 1.29 is 14.3 Å². The third-order valence-corrected chi connectivity index (χ3v) is 3.68. The van der Waals surface area contributed by atoms with Crippen molar-refractivity contribution in [1.82, 2.24) is 5.32 Å². The fourth-order valence-electron chi connectivity index (χ4n) is 2.10. The molecule has 0 fully saturated rings. The zero-order valence-electron chi connectivity index (χ0n) is 11.9. The number of carbonyl (C=O) groups excluding carboxylic acids is 1. The van der Waals surface area contributed by atoms with Crippen LogP contribution in [0.4, 0.5) is 4.39 Å². The summed E-state index contributed by atoms with van der Waals surface area (Å²) in [5.41, 5.74) is 1.07. The molecule has 0 radical (unpaired) electrons. The summed E-state index contributed by atoms with van der Waals surface area (Å²) in [5.74, 6) is -0.555. The first-order valence-corrected chi connectivity index (χ1v) is 7.38. The minimum absolute atomic E-state index is 0.0693. The molecule has 1 amide bonds. The highest BCUT2D eigenvalue weighted by Crippen LogP contribution is 2.21. The van der Waals surface area contributed by atoms with E-state index in [4.69, 9.17) is 11.6 Å². The molecule has 1 unspecified atom stereocenters. The Kier molecular flexibility index (Phi) is 5.92. The van der Waals surface area contributed by atoms with Crippen molar-refractivity contribution in [1.29, 1.82) is 0 Å². The molecule has 0 saturated carbocycles. The molecule has 2 aromatic carbocycles. The van der Waals surface area contributed by atoms with Crippen molar-refractivity contribution in [2.24, 2.45) is 0 Å². The van der Waals surface area contributed by atoms with E-state index in [1.807, 2.05) is 0 Å². The van der Waals surface area contributed by atoms with Crippen LogP contribution < -0.4 is 5.32 Å². The minimum atomic E-state index is -0.869. The Labute approximate surface area is 133 Å². The van der Waals surface area contributed by atoms with E-state index in [2.05, 4.69) is 5.32 Å². The third kappa shape index (κ3) is 4.55. The number of halogens is 2. The highest BCUT2D eigenvalue weighted by Gasteiger charge is 2.12. The lowest BCUT2D eigenvalue weighted by Gasteiger charge is -2.13. The molecular weight excluding hydrogens is 305 g/mol. The summed E-state index contributed by atoms with van der Waals surface area (Å²) in [6.45, 7) is 0.0693. The Balaban J connectivity index is 1.81. The molecule has 0 bridgehead atoms. The van der Waals surface area contributed by atoms with Crippen LogP contribution >= 0.6 is 11.6 Å². The van der Waals surface area contributed by atoms with Gasteiger partial charge in [0.2, 0.25) is 5.91 Å². The lowest BCUT2D eigenvalue weighted by atomic mass is 10.1. The minimum Gasteiger partial charge on any atom is -0.387 e. The molecule has 116 valence electrons. The maximum atomic E-state index is 13.4. The van der Waals surface area contributed by atoms with Gasteiger partial charge in [-0.15, -0.1) is 0 Å². The Morgan fingerprint density at radius 1 is 1.18 bits per heavy atom. The van der Waals surface area contributed by atoms with Gasteiger partial charge in [0.1, 0.15) is 5.82 Å². The van der Waals surface area contributed by atoms with Crippen molar-refractivity contribution in [3.05, 3.63) is 70.5 Å². The number of carbonyl (C=O) groups is 1. The molecule has 0 heterocycles. The molecule has 3 nitrogen and oxygen atoms in total. The van der Waals surface area contributed by atoms with E-state index in [9.17, 15) is 14.3 Å². The van der Waals surface area contributed by atoms with E-state index in [1.165, 1.54) is 6.07 Å². The summed E-state index contributed by atoms with van der Waals surface area (Å²) in [6, 6.07) is 13.3. The summed E-state index contributed by atoms with van der Waals surface area (Å²) in [4.78, 5) is 11.8. The van der Waals surface area contributed by atoms with Crippen molar-refractivity contribution in [2.45, 2.75) is 18.9 Å². The lowest BCUT2D eigenvalue weighted by Crippen LogP contribution is -2.28. The lowest BCUT2D eigenvalue weighted by molar-refractivity contribution is -0.121. The molecular formula is C17H17ClFNO2. The molecule has 0 aliphatic carbocycles. The number of rotatable bonds is 6. The van der Waals surface area contributed by atoms with Gasteiger partial charge in [-0.25, -0.2) is 4.39 Å². The van der Waals surface area contributed by atoms with Gasteiger partial charge in [0.15, 0.2) is 0 Å². The predicted octanol–water partition coefficient (Wildman–Crippen LogP) is 3.26. The zero-order valence-corrected chi connectivity index (χ0v) is 12.7. The van der Waals surface area contributed by atoms with Crippen molar-refractivity contribution in [3.63, 3.8) is 0 Å². The second-order valence-electron chi connectivity index (χ2n) is 4.93. The van der Waals surface area contributed by atoms with E-state index < -0.39 is 6.10 Å². The van der Waals surface area contributed by atoms with E-state index in [1.54, 1.807) is 42.5 Å². The van der Waals surface area contributed by atoms with E-state index >= 15 is 0 Å². The van der Waals surface area contributed by atoms with Crippen LogP contribution in [0, 0.1) is 5.82 Å². The van der Waals surface area contributed by atoms with E-state index in [-0.39, 0.29) is 24.7 Å². The normalized spacial score (nSPS) is 12.0. The Bertz CT molecular complexity index is 648. The zero-order chi connectivity index (χ0) is 15.9. The molecule has 2 rings (SSSR count). The van der Waals surface area contributed by atoms with Gasteiger partial charge >= 0.3 is 0 Å². The standard InChI is InChI=1S/C17H17ClFNO2/c18-14-7-3-2-6-13(14)16(21)11-20-17(22)10-9-12-5-1-4-8-15(12)19/h1-8,16,21H,9-11H2,(H,20,22). The van der Waals surface area contributed by atoms with Crippen LogP contribution in [0.5, 0.6) is 0 Å². The van der Waals surface area contributed by atoms with E-state index in [0.29, 0.717) is 22.6 Å². The number of benzene rings is 2. The molecule has 22 heavy (non-hydrogen) atoms. The first-order valence-electron chi connectivity index (χ1n) is 7.00. The second kappa shape index (κ2) is 7.92. The maximum Gasteiger partial charge on any atom is 0.220 e. The SMILES string of the molecule is O=C(CCc1ccccc1F)NCC(O)c1ccccc1Cl. The molecule has 0 aromatic heterocycles. The number of aliphatic hydroxyl groups is 1. The second-order valence-corrected chi connectivity index (χ2v) is 5.34. The predicted molar refractivity (Wildman–Crippen MR) is 84.1 cm³/mol. The topological polar surface area (TPSA) is 49.3 Å². The molecule has 0 saturated heterocycles. The fraction of sp³-hybridized carbons (Fsp3) is 0.235. The molecule has 2 aromatic rings. The molecule has 2 N–H and O–H groups in total. The summed E-state index contributed by atoms with van der Waals surface area (Å²) in [6.07, 6.45) is -0.386. The quantitative estimate of drug-likeness (QED) is 0.858. The van der Waals surface area contributed by atoms with Crippen LogP contribution in [0.25, 0.3) is 0 Å². The third-order valence-electron chi connectivity index (χ3n) is 3.34. The van der Waals surface area contributed by atoms with Gasteiger partial charge in [-0.2, -0.15) is 0 Å². The van der Waals surface area contributed by atoms with Crippen LogP contribution in [0.2, 0.25) is 5.02 Å². The number of hydrogen-bond donors (Lipinski definition) is 2. The number of aryl methyl sites for hydroxylation is 1. The van der Waals surface area contributed by atoms with Gasteiger partial charge in [-0.3, -0.25) is 4.79 Å². The average molecular weight is 322 g/mol. The fourth-order valence-corrected chi connectivity index (χ4v) is 2.37. The smallest absolute Gasteiger partial charge is 0.220 e. The molecule has 0 aliphatic rings. The Hall–Kier alpha value is -1.91. The Morgan fingerprint density at radius 2 is 1.86 bits per heavy atom. The monoisotopic (exact) mass is 321 g/mol. The van der Waals surface area contributed by atoms with Crippen molar-refractivity contribution in [2.75, 3.05) is 6.54 Å². The highest BCUT2D eigenvalue weighted by molar-refractivity contribution is 6.31. The van der Waals surface area contributed by atoms with Crippen LogP contribution in [0.3, 0.4) is 0 Å². The van der Waals surface area contributed by atoms with Gasteiger partial charge in [0, 0.05) is 23.6 Å². The van der Waals surface area contributed by atoms with Gasteiger partial charge in [-0.1, -0.05) is 48.0 Å². The summed E-state index contributed by atoms with van der Waals surface area (Å²) < 4.78 is 13.4. The van der Waals surface area contributed by atoms with Crippen molar-refractivity contribution in [3.8, 4) is 0 Å². The first kappa shape index (κ1) is 16.5. The van der Waals surface area contributed by atoms with Gasteiger partial charge in [0.25, 0.3) is 0 Å². The number of amides is 1. The van der Waals surface area contributed by atoms with Gasteiger partial charge in [0.05, 0.1) is 6.10 Å². The number of hydrogen-bond acceptors (Lipinski definition) is 2. The Morgan fingerprint density at radius 3 is 2.59 bits per heavy atom. The number of nitrogens with one attached hydrogen (secondary N) is 1. The van der Waals surface area contributed by atoms with Crippen LogP contribution in [-0.2, 0) is 11.2 Å². The molecule has 5 heteroatoms. The molecule has 0 spiro atoms. The molecule has 1 atom stereocenters. The maximum absolute atomic E-state index is 13.4. The molecule has 0 aliphatic heterocycles. The van der Waals surface area contributed by atoms with Gasteiger partial charge < -0.3 is 10.4 Å². The largest absolute Gasteiger partial charge is 0.387 e. The van der Waals surface area contributed by atoms with Crippen LogP contribution in [-0.4, -0.2) is 17.6 Å². The number of aliphatic hydroxyl groups excluding tert-OH is 1. The van der Waals surface area contributed by atoms with Gasteiger partial charge in [-0.05, 0) is 24.1 Å².